The maximum Gasteiger partial charge on any atom is 0.341 e. The van der Waals surface area contributed by atoms with Crippen molar-refractivity contribution in [2.45, 2.75) is 0 Å². The van der Waals surface area contributed by atoms with Crippen molar-refractivity contribution in [2.24, 2.45) is 7.05 Å². The van der Waals surface area contributed by atoms with Crippen LogP contribution in [0.2, 0.25) is 0 Å². The van der Waals surface area contributed by atoms with E-state index in [1.165, 1.54) is 11.6 Å². The fourth-order valence-corrected chi connectivity index (χ4v) is 1.57. The van der Waals surface area contributed by atoms with Gasteiger partial charge in [-0.3, -0.25) is 0 Å². The van der Waals surface area contributed by atoms with Gasteiger partial charge in [0, 0.05) is 12.4 Å². The highest BCUT2D eigenvalue weighted by Crippen LogP contribution is 2.23. The molecule has 0 atom stereocenters. The van der Waals surface area contributed by atoms with Crippen molar-refractivity contribution in [2.75, 3.05) is 0 Å². The first-order valence-electron chi connectivity index (χ1n) is 4.09. The number of nitrogens with zero attached hydrogens (tertiary/aromatic N) is 1. The number of para-hydroxylation sites is 1. The standard InChI is InChI=1S/C10H8FNO2/c1-12-7-5-3-2-4-6(7)8(9(12)11)10(13)14/h2-5H,1H3,(H,13,14). The van der Waals surface area contributed by atoms with Crippen LogP contribution in [0.4, 0.5) is 4.39 Å². The van der Waals surface area contributed by atoms with E-state index in [0.29, 0.717) is 10.9 Å². The van der Waals surface area contributed by atoms with Crippen LogP contribution in [0.5, 0.6) is 0 Å². The lowest BCUT2D eigenvalue weighted by Gasteiger charge is -1.93. The summed E-state index contributed by atoms with van der Waals surface area (Å²) in [5.41, 5.74) is 0.325. The van der Waals surface area contributed by atoms with E-state index in [1.54, 1.807) is 24.3 Å². The molecule has 14 heavy (non-hydrogen) atoms. The average molecular weight is 193 g/mol. The summed E-state index contributed by atoms with van der Waals surface area (Å²) in [4.78, 5) is 10.8. The molecule has 0 amide bonds. The number of rotatable bonds is 1. The van der Waals surface area contributed by atoms with Gasteiger partial charge < -0.3 is 9.67 Å². The minimum Gasteiger partial charge on any atom is -0.478 e. The van der Waals surface area contributed by atoms with Gasteiger partial charge in [0.2, 0.25) is 5.95 Å². The fraction of sp³-hybridized carbons (Fsp3) is 0.100. The average Bonchev–Trinajstić information content (AvgIpc) is 2.41. The van der Waals surface area contributed by atoms with Crippen LogP contribution in [0.1, 0.15) is 10.4 Å². The predicted octanol–water partition coefficient (Wildman–Crippen LogP) is 2.02. The first-order valence-corrected chi connectivity index (χ1v) is 4.09. The van der Waals surface area contributed by atoms with Crippen molar-refractivity contribution in [3.63, 3.8) is 0 Å². The number of fused-ring (bicyclic) bond motifs is 1. The highest BCUT2D eigenvalue weighted by Gasteiger charge is 2.19. The molecule has 0 saturated carbocycles. The van der Waals surface area contributed by atoms with Gasteiger partial charge in [0.1, 0.15) is 5.56 Å². The molecular weight excluding hydrogens is 185 g/mol. The maximum atomic E-state index is 13.4. The van der Waals surface area contributed by atoms with Gasteiger partial charge in [-0.2, -0.15) is 4.39 Å². The molecule has 3 nitrogen and oxygen atoms in total. The third-order valence-corrected chi connectivity index (χ3v) is 2.25. The van der Waals surface area contributed by atoms with Gasteiger partial charge in [0.05, 0.1) is 5.52 Å². The summed E-state index contributed by atoms with van der Waals surface area (Å²) in [5, 5.41) is 9.25. The Morgan fingerprint density at radius 3 is 2.71 bits per heavy atom. The van der Waals surface area contributed by atoms with Crippen LogP contribution in [0.3, 0.4) is 0 Å². The Hall–Kier alpha value is -1.84. The molecule has 72 valence electrons. The second kappa shape index (κ2) is 2.83. The van der Waals surface area contributed by atoms with Gasteiger partial charge in [-0.05, 0) is 6.07 Å². The molecule has 2 aromatic rings. The van der Waals surface area contributed by atoms with Crippen LogP contribution in [-0.4, -0.2) is 15.6 Å². The number of aromatic carboxylic acids is 1. The Morgan fingerprint density at radius 2 is 2.07 bits per heavy atom. The maximum absolute atomic E-state index is 13.4. The molecule has 0 aliphatic carbocycles. The molecule has 1 aromatic carbocycles. The summed E-state index contributed by atoms with van der Waals surface area (Å²) in [6.07, 6.45) is 0. The van der Waals surface area contributed by atoms with E-state index in [9.17, 15) is 9.18 Å². The van der Waals surface area contributed by atoms with Crippen LogP contribution in [-0.2, 0) is 7.05 Å². The van der Waals surface area contributed by atoms with E-state index >= 15 is 0 Å². The second-order valence-electron chi connectivity index (χ2n) is 3.05. The number of aryl methyl sites for hydroxylation is 1. The molecule has 1 N–H and O–H groups in total. The van der Waals surface area contributed by atoms with Gasteiger partial charge >= 0.3 is 5.97 Å². The molecule has 0 aliphatic heterocycles. The lowest BCUT2D eigenvalue weighted by atomic mass is 10.2. The lowest BCUT2D eigenvalue weighted by molar-refractivity contribution is 0.0693. The summed E-state index contributed by atoms with van der Waals surface area (Å²) in [5.74, 6) is -1.95. The van der Waals surface area contributed by atoms with Crippen molar-refractivity contribution in [3.05, 3.63) is 35.8 Å². The first kappa shape index (κ1) is 8.74. The van der Waals surface area contributed by atoms with Crippen molar-refractivity contribution >= 4 is 16.9 Å². The molecule has 4 heteroatoms. The molecule has 2 rings (SSSR count). The molecule has 0 spiro atoms. The largest absolute Gasteiger partial charge is 0.478 e. The van der Waals surface area contributed by atoms with Crippen LogP contribution in [0.15, 0.2) is 24.3 Å². The Kier molecular flexibility index (Phi) is 1.77. The third kappa shape index (κ3) is 1.00. The smallest absolute Gasteiger partial charge is 0.341 e. The van der Waals surface area contributed by atoms with E-state index in [-0.39, 0.29) is 5.56 Å². The van der Waals surface area contributed by atoms with E-state index in [0.717, 1.165) is 0 Å². The molecule has 0 unspecified atom stereocenters. The zero-order valence-electron chi connectivity index (χ0n) is 7.49. The predicted molar refractivity (Wildman–Crippen MR) is 49.8 cm³/mol. The molecular formula is C10H8FNO2. The van der Waals surface area contributed by atoms with Crippen LogP contribution in [0, 0.1) is 5.95 Å². The molecule has 1 heterocycles. The monoisotopic (exact) mass is 193 g/mol. The Bertz CT molecular complexity index is 516. The zero-order valence-corrected chi connectivity index (χ0v) is 7.49. The highest BCUT2D eigenvalue weighted by atomic mass is 19.1. The number of carbonyl (C=O) groups is 1. The summed E-state index contributed by atoms with van der Waals surface area (Å²) < 4.78 is 14.7. The van der Waals surface area contributed by atoms with E-state index in [4.69, 9.17) is 5.11 Å². The number of aromatic nitrogens is 1. The topological polar surface area (TPSA) is 42.2 Å². The van der Waals surface area contributed by atoms with E-state index in [1.807, 2.05) is 0 Å². The number of carboxylic acids is 1. The Balaban J connectivity index is 2.95. The summed E-state index contributed by atoms with van der Waals surface area (Å²) in [7, 11) is 1.50. The molecule has 0 saturated heterocycles. The van der Waals surface area contributed by atoms with Gasteiger partial charge in [-0.15, -0.1) is 0 Å². The number of carboxylic acid groups (broad SMARTS) is 1. The third-order valence-electron chi connectivity index (χ3n) is 2.25. The zero-order chi connectivity index (χ0) is 10.3. The van der Waals surface area contributed by atoms with Gasteiger partial charge in [-0.1, -0.05) is 18.2 Å². The van der Waals surface area contributed by atoms with Gasteiger partial charge in [-0.25, -0.2) is 4.79 Å². The fourth-order valence-electron chi connectivity index (χ4n) is 1.57. The van der Waals surface area contributed by atoms with Crippen molar-refractivity contribution in [1.29, 1.82) is 0 Å². The van der Waals surface area contributed by atoms with Gasteiger partial charge in [0.25, 0.3) is 0 Å². The van der Waals surface area contributed by atoms with E-state index in [2.05, 4.69) is 0 Å². The normalized spacial score (nSPS) is 10.7. The number of hydrogen-bond acceptors (Lipinski definition) is 1. The number of halogens is 1. The van der Waals surface area contributed by atoms with Crippen LogP contribution in [0.25, 0.3) is 10.9 Å². The lowest BCUT2D eigenvalue weighted by Crippen LogP contribution is -2.00. The minimum atomic E-state index is -1.24. The van der Waals surface area contributed by atoms with E-state index < -0.39 is 11.9 Å². The second-order valence-corrected chi connectivity index (χ2v) is 3.05. The quantitative estimate of drug-likeness (QED) is 0.752. The van der Waals surface area contributed by atoms with Crippen LogP contribution >= 0.6 is 0 Å². The first-order chi connectivity index (χ1) is 6.63. The Labute approximate surface area is 79.4 Å². The number of benzene rings is 1. The molecule has 0 aliphatic rings. The highest BCUT2D eigenvalue weighted by molar-refractivity contribution is 6.03. The van der Waals surface area contributed by atoms with Crippen LogP contribution < -0.4 is 0 Å². The van der Waals surface area contributed by atoms with Crippen molar-refractivity contribution in [3.8, 4) is 0 Å². The molecule has 0 bridgehead atoms. The molecule has 0 fully saturated rings. The molecule has 0 radical (unpaired) electrons. The van der Waals surface area contributed by atoms with Crippen molar-refractivity contribution < 1.29 is 14.3 Å². The summed E-state index contributed by atoms with van der Waals surface area (Å²) >= 11 is 0. The van der Waals surface area contributed by atoms with Gasteiger partial charge in [0.15, 0.2) is 0 Å². The summed E-state index contributed by atoms with van der Waals surface area (Å²) in [6, 6.07) is 6.72. The van der Waals surface area contributed by atoms with Crippen molar-refractivity contribution in [1.82, 2.24) is 4.57 Å². The number of hydrogen-bond donors (Lipinski definition) is 1. The minimum absolute atomic E-state index is 0.261. The molecule has 1 aromatic heterocycles. The SMILES string of the molecule is Cn1c(F)c(C(=O)O)c2ccccc21. The summed E-state index contributed by atoms with van der Waals surface area (Å²) in [6.45, 7) is 0. The Morgan fingerprint density at radius 1 is 1.43 bits per heavy atom.